The fourth-order valence-corrected chi connectivity index (χ4v) is 2.33. The van der Waals surface area contributed by atoms with Crippen molar-refractivity contribution in [3.05, 3.63) is 69.7 Å². The molecule has 2 aromatic rings. The fourth-order valence-electron chi connectivity index (χ4n) is 1.96. The third kappa shape index (κ3) is 4.03. The topological polar surface area (TPSA) is 46.6 Å². The molecule has 0 aliphatic carbocycles. The van der Waals surface area contributed by atoms with E-state index >= 15 is 0 Å². The summed E-state index contributed by atoms with van der Waals surface area (Å²) in [6.45, 7) is 0. The van der Waals surface area contributed by atoms with E-state index in [0.29, 0.717) is 5.56 Å². The molecule has 0 spiro atoms. The maximum atomic E-state index is 12.4. The normalized spacial score (nSPS) is 11.7. The first-order valence-corrected chi connectivity index (χ1v) is 7.58. The molecule has 0 saturated carbocycles. The SMILES string of the molecule is CN(C)C(=O)[C@H](OC(=O)c1cccc(Cl)c1Cl)c1ccccc1. The standard InChI is InChI=1S/C17H15Cl2NO3/c1-20(2)16(21)15(11-7-4-3-5-8-11)23-17(22)12-9-6-10-13(18)14(12)19/h3-10,15H,1-2H3/t15-/m1/s1. The molecule has 0 radical (unpaired) electrons. The molecule has 0 heterocycles. The Bertz CT molecular complexity index is 717. The Kier molecular flexibility index (Phi) is 5.64. The maximum absolute atomic E-state index is 12.4. The maximum Gasteiger partial charge on any atom is 0.340 e. The highest BCUT2D eigenvalue weighted by Crippen LogP contribution is 2.28. The molecule has 4 nitrogen and oxygen atoms in total. The molecule has 120 valence electrons. The second kappa shape index (κ2) is 7.49. The number of carbonyl (C=O) groups excluding carboxylic acids is 2. The van der Waals surface area contributed by atoms with E-state index in [1.165, 1.54) is 11.0 Å². The number of esters is 1. The summed E-state index contributed by atoms with van der Waals surface area (Å²) in [7, 11) is 3.19. The summed E-state index contributed by atoms with van der Waals surface area (Å²) in [4.78, 5) is 26.1. The Hall–Kier alpha value is -2.04. The van der Waals surface area contributed by atoms with E-state index in [1.807, 2.05) is 6.07 Å². The third-order valence-corrected chi connectivity index (χ3v) is 3.98. The van der Waals surface area contributed by atoms with Crippen LogP contribution in [0.2, 0.25) is 10.0 Å². The van der Waals surface area contributed by atoms with Gasteiger partial charge in [-0.3, -0.25) is 4.79 Å². The van der Waals surface area contributed by atoms with Crippen LogP contribution in [0.4, 0.5) is 0 Å². The van der Waals surface area contributed by atoms with Gasteiger partial charge >= 0.3 is 5.97 Å². The van der Waals surface area contributed by atoms with Crippen LogP contribution in [0, 0.1) is 0 Å². The minimum Gasteiger partial charge on any atom is -0.444 e. The number of ether oxygens (including phenoxy) is 1. The molecule has 0 bridgehead atoms. The number of halogens is 2. The number of hydrogen-bond donors (Lipinski definition) is 0. The summed E-state index contributed by atoms with van der Waals surface area (Å²) in [5.41, 5.74) is 0.698. The number of rotatable bonds is 4. The lowest BCUT2D eigenvalue weighted by atomic mass is 10.1. The Morgan fingerprint density at radius 3 is 2.26 bits per heavy atom. The molecule has 2 aromatic carbocycles. The summed E-state index contributed by atoms with van der Waals surface area (Å²) in [6.07, 6.45) is -1.05. The van der Waals surface area contributed by atoms with E-state index in [9.17, 15) is 9.59 Å². The average molecular weight is 352 g/mol. The van der Waals surface area contributed by atoms with Gasteiger partial charge in [-0.05, 0) is 12.1 Å². The number of amides is 1. The predicted molar refractivity (Wildman–Crippen MR) is 89.8 cm³/mol. The van der Waals surface area contributed by atoms with Crippen molar-refractivity contribution >= 4 is 35.1 Å². The van der Waals surface area contributed by atoms with E-state index in [-0.39, 0.29) is 21.5 Å². The number of likely N-dealkylation sites (N-methyl/N-ethyl adjacent to an activating group) is 1. The number of benzene rings is 2. The zero-order valence-corrected chi connectivity index (χ0v) is 14.1. The number of nitrogens with zero attached hydrogens (tertiary/aromatic N) is 1. The van der Waals surface area contributed by atoms with Gasteiger partial charge in [-0.25, -0.2) is 4.79 Å². The first kappa shape index (κ1) is 17.3. The van der Waals surface area contributed by atoms with Crippen molar-refractivity contribution in [2.45, 2.75) is 6.10 Å². The van der Waals surface area contributed by atoms with Crippen LogP contribution in [0.5, 0.6) is 0 Å². The zero-order chi connectivity index (χ0) is 17.0. The molecule has 0 fully saturated rings. The lowest BCUT2D eigenvalue weighted by Gasteiger charge is -2.21. The second-order valence-corrected chi connectivity index (χ2v) is 5.82. The molecule has 23 heavy (non-hydrogen) atoms. The predicted octanol–water partition coefficient (Wildman–Crippen LogP) is 3.98. The second-order valence-electron chi connectivity index (χ2n) is 5.03. The minimum absolute atomic E-state index is 0.100. The monoisotopic (exact) mass is 351 g/mol. The van der Waals surface area contributed by atoms with Crippen LogP contribution in [-0.4, -0.2) is 30.9 Å². The van der Waals surface area contributed by atoms with Gasteiger partial charge in [-0.1, -0.05) is 59.6 Å². The van der Waals surface area contributed by atoms with E-state index < -0.39 is 12.1 Å². The van der Waals surface area contributed by atoms with Gasteiger partial charge < -0.3 is 9.64 Å². The van der Waals surface area contributed by atoms with Crippen LogP contribution < -0.4 is 0 Å². The summed E-state index contributed by atoms with van der Waals surface area (Å²) >= 11 is 11.9. The quantitative estimate of drug-likeness (QED) is 0.782. The first-order chi connectivity index (χ1) is 10.9. The molecule has 0 saturated heterocycles. The van der Waals surface area contributed by atoms with Gasteiger partial charge in [0, 0.05) is 19.7 Å². The highest BCUT2D eigenvalue weighted by atomic mass is 35.5. The zero-order valence-electron chi connectivity index (χ0n) is 12.6. The van der Waals surface area contributed by atoms with E-state index in [2.05, 4.69) is 0 Å². The Morgan fingerprint density at radius 1 is 1.00 bits per heavy atom. The van der Waals surface area contributed by atoms with Crippen LogP contribution in [0.3, 0.4) is 0 Å². The van der Waals surface area contributed by atoms with Crippen LogP contribution in [-0.2, 0) is 9.53 Å². The fraction of sp³-hybridized carbons (Fsp3) is 0.176. The number of carbonyl (C=O) groups is 2. The largest absolute Gasteiger partial charge is 0.444 e. The molecule has 0 aliphatic rings. The Balaban J connectivity index is 2.33. The third-order valence-electron chi connectivity index (χ3n) is 3.16. The van der Waals surface area contributed by atoms with Gasteiger partial charge in [-0.2, -0.15) is 0 Å². The molecule has 1 amide bonds. The van der Waals surface area contributed by atoms with Crippen LogP contribution in [0.1, 0.15) is 22.0 Å². The highest BCUT2D eigenvalue weighted by Gasteiger charge is 2.28. The van der Waals surface area contributed by atoms with Crippen LogP contribution >= 0.6 is 23.2 Å². The van der Waals surface area contributed by atoms with Crippen molar-refractivity contribution < 1.29 is 14.3 Å². The average Bonchev–Trinajstić information content (AvgIpc) is 2.55. The molecule has 0 N–H and O–H groups in total. The van der Waals surface area contributed by atoms with Gasteiger partial charge in [0.25, 0.3) is 5.91 Å². The van der Waals surface area contributed by atoms with Gasteiger partial charge in [0.2, 0.25) is 6.10 Å². The number of hydrogen-bond acceptors (Lipinski definition) is 3. The Labute approximate surface area is 144 Å². The van der Waals surface area contributed by atoms with Gasteiger partial charge in [-0.15, -0.1) is 0 Å². The smallest absolute Gasteiger partial charge is 0.340 e. The lowest BCUT2D eigenvalue weighted by molar-refractivity contribution is -0.138. The molecule has 0 unspecified atom stereocenters. The molecule has 6 heteroatoms. The Morgan fingerprint density at radius 2 is 1.65 bits per heavy atom. The van der Waals surface area contributed by atoms with Crippen molar-refractivity contribution in [2.75, 3.05) is 14.1 Å². The van der Waals surface area contributed by atoms with E-state index in [0.717, 1.165) is 0 Å². The summed E-state index contributed by atoms with van der Waals surface area (Å²) in [5, 5.41) is 0.347. The lowest BCUT2D eigenvalue weighted by Crippen LogP contribution is -2.31. The van der Waals surface area contributed by atoms with Crippen molar-refractivity contribution in [3.63, 3.8) is 0 Å². The van der Waals surface area contributed by atoms with Gasteiger partial charge in [0.1, 0.15) is 0 Å². The van der Waals surface area contributed by atoms with Crippen molar-refractivity contribution in [1.82, 2.24) is 4.90 Å². The van der Waals surface area contributed by atoms with Crippen molar-refractivity contribution in [2.24, 2.45) is 0 Å². The summed E-state index contributed by atoms with van der Waals surface area (Å²) < 4.78 is 5.41. The van der Waals surface area contributed by atoms with Crippen molar-refractivity contribution in [1.29, 1.82) is 0 Å². The van der Waals surface area contributed by atoms with Gasteiger partial charge in [0.05, 0.1) is 15.6 Å². The molecule has 1 atom stereocenters. The molecule has 0 aliphatic heterocycles. The molecule has 0 aromatic heterocycles. The summed E-state index contributed by atoms with van der Waals surface area (Å²) in [6, 6.07) is 13.5. The van der Waals surface area contributed by atoms with Crippen LogP contribution in [0.25, 0.3) is 0 Å². The van der Waals surface area contributed by atoms with E-state index in [1.54, 1.807) is 50.5 Å². The molecule has 2 rings (SSSR count). The molecular formula is C17H15Cl2NO3. The van der Waals surface area contributed by atoms with Crippen LogP contribution in [0.15, 0.2) is 48.5 Å². The van der Waals surface area contributed by atoms with Crippen molar-refractivity contribution in [3.8, 4) is 0 Å². The molecular weight excluding hydrogens is 337 g/mol. The first-order valence-electron chi connectivity index (χ1n) is 6.83. The highest BCUT2D eigenvalue weighted by molar-refractivity contribution is 6.43. The minimum atomic E-state index is -1.05. The van der Waals surface area contributed by atoms with Gasteiger partial charge in [0.15, 0.2) is 0 Å². The van der Waals surface area contributed by atoms with E-state index in [4.69, 9.17) is 27.9 Å². The summed E-state index contributed by atoms with van der Waals surface area (Å²) in [5.74, 6) is -1.05.